The molecule has 138 valence electrons. The number of rotatable bonds is 6. The summed E-state index contributed by atoms with van der Waals surface area (Å²) in [7, 11) is 0. The van der Waals surface area contributed by atoms with Crippen molar-refractivity contribution in [2.75, 3.05) is 36.4 Å². The number of benzene rings is 1. The Morgan fingerprint density at radius 1 is 1.15 bits per heavy atom. The van der Waals surface area contributed by atoms with Crippen LogP contribution in [0.25, 0.3) is 0 Å². The summed E-state index contributed by atoms with van der Waals surface area (Å²) in [5.74, 6) is -0.126. The molecule has 0 bridgehead atoms. The number of carbonyl (C=O) groups is 2. The third kappa shape index (κ3) is 3.90. The number of hydrogen-bond acceptors (Lipinski definition) is 4. The first-order valence-electron chi connectivity index (χ1n) is 9.17. The van der Waals surface area contributed by atoms with E-state index in [1.807, 2.05) is 48.4 Å². The van der Waals surface area contributed by atoms with E-state index in [9.17, 15) is 9.59 Å². The molecule has 1 aliphatic rings. The average molecular weight is 372 g/mol. The lowest BCUT2D eigenvalue weighted by Gasteiger charge is -2.25. The van der Waals surface area contributed by atoms with Gasteiger partial charge < -0.3 is 15.1 Å². The van der Waals surface area contributed by atoms with Crippen LogP contribution in [0.3, 0.4) is 0 Å². The summed E-state index contributed by atoms with van der Waals surface area (Å²) >= 11 is 1.40. The predicted octanol–water partition coefficient (Wildman–Crippen LogP) is 4.08. The summed E-state index contributed by atoms with van der Waals surface area (Å²) in [5, 5.41) is 4.79. The maximum absolute atomic E-state index is 13.0. The molecule has 1 N–H and O–H groups in total. The summed E-state index contributed by atoms with van der Waals surface area (Å²) in [6.07, 6.45) is 2.30. The largest absolute Gasteiger partial charge is 0.371 e. The number of nitrogens with zero attached hydrogens (tertiary/aromatic N) is 2. The molecular formula is C20H25N3O2S. The van der Waals surface area contributed by atoms with Crippen LogP contribution in [-0.4, -0.2) is 42.9 Å². The van der Waals surface area contributed by atoms with Crippen LogP contribution in [0, 0.1) is 0 Å². The third-order valence-corrected chi connectivity index (χ3v) is 5.60. The minimum Gasteiger partial charge on any atom is -0.371 e. The Kier molecular flexibility index (Phi) is 5.93. The van der Waals surface area contributed by atoms with Crippen molar-refractivity contribution in [1.82, 2.24) is 4.90 Å². The predicted molar refractivity (Wildman–Crippen MR) is 107 cm³/mol. The second-order valence-electron chi connectivity index (χ2n) is 6.33. The first-order valence-corrected chi connectivity index (χ1v) is 10.0. The molecule has 1 aromatic carbocycles. The van der Waals surface area contributed by atoms with Gasteiger partial charge in [-0.05, 0) is 56.3 Å². The molecule has 2 heterocycles. The summed E-state index contributed by atoms with van der Waals surface area (Å²) in [6.45, 7) is 7.25. The lowest BCUT2D eigenvalue weighted by atomic mass is 10.1. The molecule has 0 aliphatic carbocycles. The number of hydrogen-bond donors (Lipinski definition) is 1. The van der Waals surface area contributed by atoms with Gasteiger partial charge >= 0.3 is 0 Å². The van der Waals surface area contributed by atoms with Crippen molar-refractivity contribution in [3.8, 4) is 0 Å². The summed E-state index contributed by atoms with van der Waals surface area (Å²) in [5.41, 5.74) is 2.29. The molecule has 2 aromatic rings. The monoisotopic (exact) mass is 371 g/mol. The van der Waals surface area contributed by atoms with Crippen molar-refractivity contribution >= 4 is 34.5 Å². The van der Waals surface area contributed by atoms with Gasteiger partial charge in [0.15, 0.2) is 0 Å². The molecule has 0 radical (unpaired) electrons. The number of anilines is 2. The van der Waals surface area contributed by atoms with Crippen LogP contribution in [0.4, 0.5) is 11.4 Å². The fourth-order valence-corrected chi connectivity index (χ4v) is 3.92. The first-order chi connectivity index (χ1) is 12.6. The lowest BCUT2D eigenvalue weighted by molar-refractivity contribution is 0.0773. The quantitative estimate of drug-likeness (QED) is 0.832. The molecule has 6 heteroatoms. The zero-order chi connectivity index (χ0) is 18.5. The van der Waals surface area contributed by atoms with Gasteiger partial charge in [-0.3, -0.25) is 9.59 Å². The van der Waals surface area contributed by atoms with Gasteiger partial charge in [0.25, 0.3) is 11.8 Å². The van der Waals surface area contributed by atoms with E-state index in [1.165, 1.54) is 11.3 Å². The van der Waals surface area contributed by atoms with Gasteiger partial charge in [-0.25, -0.2) is 0 Å². The topological polar surface area (TPSA) is 52.7 Å². The molecule has 1 saturated heterocycles. The van der Waals surface area contributed by atoms with E-state index in [0.717, 1.165) is 31.6 Å². The van der Waals surface area contributed by atoms with Gasteiger partial charge in [-0.2, -0.15) is 0 Å². The highest BCUT2D eigenvalue weighted by atomic mass is 32.1. The minimum absolute atomic E-state index is 0.0177. The standard InChI is InChI=1S/C20H25N3O2S/c1-3-22(4-2)20(25)16-14-15(21-19(24)18-8-7-13-26-18)9-10-17(16)23-11-5-6-12-23/h7-10,13-14H,3-6,11-12H2,1-2H3,(H,21,24). The van der Waals surface area contributed by atoms with Gasteiger partial charge in [0.05, 0.1) is 10.4 Å². The van der Waals surface area contributed by atoms with Crippen LogP contribution in [-0.2, 0) is 0 Å². The highest BCUT2D eigenvalue weighted by molar-refractivity contribution is 7.12. The average Bonchev–Trinajstić information content (AvgIpc) is 3.36. The highest BCUT2D eigenvalue weighted by Gasteiger charge is 2.23. The molecule has 0 unspecified atom stereocenters. The molecule has 0 atom stereocenters. The molecule has 5 nitrogen and oxygen atoms in total. The summed E-state index contributed by atoms with van der Waals surface area (Å²) in [6, 6.07) is 9.32. The Balaban J connectivity index is 1.91. The normalized spacial score (nSPS) is 13.7. The maximum Gasteiger partial charge on any atom is 0.265 e. The van der Waals surface area contributed by atoms with Crippen molar-refractivity contribution < 1.29 is 9.59 Å². The van der Waals surface area contributed by atoms with E-state index in [4.69, 9.17) is 0 Å². The van der Waals surface area contributed by atoms with Gasteiger partial charge in [-0.1, -0.05) is 6.07 Å². The van der Waals surface area contributed by atoms with Gasteiger partial charge in [0.1, 0.15) is 0 Å². The Morgan fingerprint density at radius 2 is 1.88 bits per heavy atom. The van der Waals surface area contributed by atoms with Crippen molar-refractivity contribution in [1.29, 1.82) is 0 Å². The number of amides is 2. The molecule has 1 aliphatic heterocycles. The highest BCUT2D eigenvalue weighted by Crippen LogP contribution is 2.29. The van der Waals surface area contributed by atoms with Crippen LogP contribution >= 0.6 is 11.3 Å². The van der Waals surface area contributed by atoms with Crippen molar-refractivity contribution in [3.05, 3.63) is 46.2 Å². The summed E-state index contributed by atoms with van der Waals surface area (Å²) < 4.78 is 0. The fourth-order valence-electron chi connectivity index (χ4n) is 3.30. The van der Waals surface area contributed by atoms with E-state index in [2.05, 4.69) is 10.2 Å². The molecule has 1 fully saturated rings. The maximum atomic E-state index is 13.0. The molecular weight excluding hydrogens is 346 g/mol. The lowest BCUT2D eigenvalue weighted by Crippen LogP contribution is -2.32. The van der Waals surface area contributed by atoms with E-state index >= 15 is 0 Å². The Labute approximate surface area is 158 Å². The fraction of sp³-hybridized carbons (Fsp3) is 0.400. The van der Waals surface area contributed by atoms with E-state index in [0.29, 0.717) is 29.2 Å². The Hall–Kier alpha value is -2.34. The molecule has 0 saturated carbocycles. The van der Waals surface area contributed by atoms with Crippen molar-refractivity contribution in [2.45, 2.75) is 26.7 Å². The Bertz CT molecular complexity index is 763. The minimum atomic E-state index is -0.143. The number of nitrogens with one attached hydrogen (secondary N) is 1. The number of carbonyl (C=O) groups excluding carboxylic acids is 2. The van der Waals surface area contributed by atoms with Crippen molar-refractivity contribution in [3.63, 3.8) is 0 Å². The van der Waals surface area contributed by atoms with Crippen LogP contribution in [0.15, 0.2) is 35.7 Å². The second-order valence-corrected chi connectivity index (χ2v) is 7.28. The second kappa shape index (κ2) is 8.36. The van der Waals surface area contributed by atoms with E-state index in [-0.39, 0.29) is 11.8 Å². The number of thiophene rings is 1. The Morgan fingerprint density at radius 3 is 2.50 bits per heavy atom. The first kappa shape index (κ1) is 18.5. The third-order valence-electron chi connectivity index (χ3n) is 4.73. The van der Waals surface area contributed by atoms with Gasteiger partial charge in [0, 0.05) is 37.6 Å². The molecule has 2 amide bonds. The summed E-state index contributed by atoms with van der Waals surface area (Å²) in [4.78, 5) is 30.1. The molecule has 26 heavy (non-hydrogen) atoms. The molecule has 0 spiro atoms. The van der Waals surface area contributed by atoms with Crippen LogP contribution in [0.1, 0.15) is 46.7 Å². The van der Waals surface area contributed by atoms with Crippen molar-refractivity contribution in [2.24, 2.45) is 0 Å². The SMILES string of the molecule is CCN(CC)C(=O)c1cc(NC(=O)c2cccs2)ccc1N1CCCC1. The van der Waals surface area contributed by atoms with Gasteiger partial charge in [-0.15, -0.1) is 11.3 Å². The zero-order valence-corrected chi connectivity index (χ0v) is 16.1. The van der Waals surface area contributed by atoms with Crippen LogP contribution in [0.5, 0.6) is 0 Å². The van der Waals surface area contributed by atoms with Crippen LogP contribution < -0.4 is 10.2 Å². The zero-order valence-electron chi connectivity index (χ0n) is 15.3. The molecule has 1 aromatic heterocycles. The van der Waals surface area contributed by atoms with E-state index < -0.39 is 0 Å². The smallest absolute Gasteiger partial charge is 0.265 e. The molecule has 3 rings (SSSR count). The van der Waals surface area contributed by atoms with Gasteiger partial charge in [0.2, 0.25) is 0 Å². The van der Waals surface area contributed by atoms with E-state index in [1.54, 1.807) is 6.07 Å². The van der Waals surface area contributed by atoms with Crippen LogP contribution in [0.2, 0.25) is 0 Å².